The van der Waals surface area contributed by atoms with E-state index >= 15 is 0 Å². The zero-order valence-corrected chi connectivity index (χ0v) is 17.2. The normalized spacial score (nSPS) is 11.5. The first-order valence-electron chi connectivity index (χ1n) is 9.47. The molecule has 0 saturated carbocycles. The van der Waals surface area contributed by atoms with Gasteiger partial charge in [0, 0.05) is 10.9 Å². The van der Waals surface area contributed by atoms with Gasteiger partial charge in [0.1, 0.15) is 11.5 Å². The first-order valence-corrected chi connectivity index (χ1v) is 11.0. The number of para-hydroxylation sites is 1. The van der Waals surface area contributed by atoms with Gasteiger partial charge in [-0.2, -0.15) is 13.5 Å². The fourth-order valence-corrected chi connectivity index (χ4v) is 4.06. The van der Waals surface area contributed by atoms with Gasteiger partial charge in [-0.3, -0.25) is 4.79 Å². The second-order valence-corrected chi connectivity index (χ2v) is 8.64. The summed E-state index contributed by atoms with van der Waals surface area (Å²) in [5.41, 5.74) is 2.26. The molecule has 4 aromatic rings. The van der Waals surface area contributed by atoms with Crippen molar-refractivity contribution < 1.29 is 12.6 Å². The van der Waals surface area contributed by atoms with Crippen LogP contribution in [0.3, 0.4) is 0 Å². The number of aryl methyl sites for hydroxylation is 2. The number of aromatic nitrogens is 2. The highest BCUT2D eigenvalue weighted by molar-refractivity contribution is 7.87. The van der Waals surface area contributed by atoms with Gasteiger partial charge in [0.15, 0.2) is 0 Å². The first kappa shape index (κ1) is 19.8. The molecule has 0 atom stereocenters. The van der Waals surface area contributed by atoms with E-state index in [2.05, 4.69) is 5.10 Å². The highest BCUT2D eigenvalue weighted by Crippen LogP contribution is 2.25. The molecule has 0 aliphatic rings. The Morgan fingerprint density at radius 2 is 1.50 bits per heavy atom. The maximum atomic E-state index is 12.9. The molecule has 0 saturated heterocycles. The molecule has 0 bridgehead atoms. The minimum atomic E-state index is -3.89. The lowest BCUT2D eigenvalue weighted by atomic mass is 10.0. The third-order valence-corrected chi connectivity index (χ3v) is 5.84. The molecule has 0 aliphatic carbocycles. The summed E-state index contributed by atoms with van der Waals surface area (Å²) in [6, 6.07) is 23.3. The van der Waals surface area contributed by atoms with Gasteiger partial charge in [0.25, 0.3) is 5.56 Å². The molecule has 4 rings (SSSR count). The van der Waals surface area contributed by atoms with Crippen molar-refractivity contribution in [3.63, 3.8) is 0 Å². The maximum Gasteiger partial charge on any atom is 0.311 e. The topological polar surface area (TPSA) is 78.3 Å². The molecule has 0 aliphatic heterocycles. The van der Waals surface area contributed by atoms with Gasteiger partial charge >= 0.3 is 10.1 Å². The summed E-state index contributed by atoms with van der Waals surface area (Å²) in [4.78, 5) is 12.9. The smallest absolute Gasteiger partial charge is 0.311 e. The van der Waals surface area contributed by atoms with Gasteiger partial charge in [-0.1, -0.05) is 66.2 Å². The molecule has 3 aromatic carbocycles. The monoisotopic (exact) mass is 420 g/mol. The van der Waals surface area contributed by atoms with Crippen molar-refractivity contribution in [2.75, 3.05) is 5.75 Å². The minimum Gasteiger partial charge on any atom is -0.382 e. The first-order chi connectivity index (χ1) is 14.4. The van der Waals surface area contributed by atoms with Crippen LogP contribution in [0.1, 0.15) is 5.56 Å². The van der Waals surface area contributed by atoms with Crippen LogP contribution < -0.4 is 9.74 Å². The summed E-state index contributed by atoms with van der Waals surface area (Å²) in [6.07, 6.45) is 0. The van der Waals surface area contributed by atoms with Gasteiger partial charge < -0.3 is 4.18 Å². The van der Waals surface area contributed by atoms with E-state index in [4.69, 9.17) is 4.18 Å². The van der Waals surface area contributed by atoms with Crippen molar-refractivity contribution in [3.05, 3.63) is 94.8 Å². The summed E-state index contributed by atoms with van der Waals surface area (Å²) in [5, 5.41) is 5.71. The number of fused-ring (bicyclic) bond motifs is 1. The Labute approximate surface area is 174 Å². The highest BCUT2D eigenvalue weighted by Gasteiger charge is 2.17. The third kappa shape index (κ3) is 4.26. The van der Waals surface area contributed by atoms with Crippen molar-refractivity contribution in [2.45, 2.75) is 13.5 Å². The lowest BCUT2D eigenvalue weighted by Crippen LogP contribution is -2.28. The summed E-state index contributed by atoms with van der Waals surface area (Å²) in [5.74, 6) is -0.142. The Bertz CT molecular complexity index is 1350. The van der Waals surface area contributed by atoms with Crippen LogP contribution in [0.2, 0.25) is 0 Å². The maximum absolute atomic E-state index is 12.9. The number of benzene rings is 3. The summed E-state index contributed by atoms with van der Waals surface area (Å²) in [6.45, 7) is 1.88. The number of nitrogens with zero attached hydrogens (tertiary/aromatic N) is 2. The van der Waals surface area contributed by atoms with Crippen molar-refractivity contribution >= 4 is 20.9 Å². The van der Waals surface area contributed by atoms with Crippen LogP contribution in [0.4, 0.5) is 0 Å². The molecule has 0 fully saturated rings. The molecule has 1 heterocycles. The summed E-state index contributed by atoms with van der Waals surface area (Å²) in [7, 11) is -3.89. The van der Waals surface area contributed by atoms with Crippen LogP contribution in [-0.4, -0.2) is 24.0 Å². The van der Waals surface area contributed by atoms with E-state index in [1.54, 1.807) is 42.5 Å². The minimum absolute atomic E-state index is 0.113. The van der Waals surface area contributed by atoms with Crippen LogP contribution in [0.15, 0.2) is 83.7 Å². The Balaban J connectivity index is 1.70. The van der Waals surface area contributed by atoms with Gasteiger partial charge in [-0.05, 0) is 25.1 Å². The van der Waals surface area contributed by atoms with Crippen LogP contribution in [-0.2, 0) is 16.7 Å². The molecular formula is C23H20N2O4S. The van der Waals surface area contributed by atoms with E-state index in [0.29, 0.717) is 11.1 Å². The standard InChI is InChI=1S/C23H20N2O4S/c1-17-11-13-18(14-12-17)22-20-9-5-6-10-21(20)23(26)25(24-22)15-16-30(27,28)29-19-7-3-2-4-8-19/h2-14H,15-16H2,1H3. The quantitative estimate of drug-likeness (QED) is 0.444. The van der Waals surface area contributed by atoms with E-state index < -0.39 is 10.1 Å². The predicted molar refractivity (Wildman–Crippen MR) is 117 cm³/mol. The molecule has 152 valence electrons. The molecule has 0 amide bonds. The number of hydrogen-bond acceptors (Lipinski definition) is 5. The van der Waals surface area contributed by atoms with Crippen molar-refractivity contribution in [2.24, 2.45) is 0 Å². The van der Waals surface area contributed by atoms with E-state index in [9.17, 15) is 13.2 Å². The summed E-state index contributed by atoms with van der Waals surface area (Å²) >= 11 is 0. The number of hydrogen-bond donors (Lipinski definition) is 0. The Hall–Kier alpha value is -3.45. The third-order valence-electron chi connectivity index (χ3n) is 4.71. The van der Waals surface area contributed by atoms with Crippen LogP contribution in [0, 0.1) is 6.92 Å². The predicted octanol–water partition coefficient (Wildman–Crippen LogP) is 3.78. The van der Waals surface area contributed by atoms with E-state index in [1.807, 2.05) is 43.3 Å². The van der Waals surface area contributed by atoms with Crippen LogP contribution in [0.25, 0.3) is 22.0 Å². The van der Waals surface area contributed by atoms with Gasteiger partial charge in [-0.25, -0.2) is 4.68 Å². The fourth-order valence-electron chi connectivity index (χ4n) is 3.17. The lowest BCUT2D eigenvalue weighted by molar-refractivity contribution is 0.477. The molecule has 30 heavy (non-hydrogen) atoms. The second kappa shape index (κ2) is 8.12. The molecule has 6 nitrogen and oxygen atoms in total. The molecular weight excluding hydrogens is 400 g/mol. The van der Waals surface area contributed by atoms with Crippen molar-refractivity contribution in [3.8, 4) is 17.0 Å². The fraction of sp³-hybridized carbons (Fsp3) is 0.130. The van der Waals surface area contributed by atoms with Gasteiger partial charge in [0.05, 0.1) is 17.6 Å². The Morgan fingerprint density at radius 1 is 0.867 bits per heavy atom. The van der Waals surface area contributed by atoms with Gasteiger partial charge in [0.2, 0.25) is 0 Å². The van der Waals surface area contributed by atoms with Crippen LogP contribution in [0.5, 0.6) is 5.75 Å². The lowest BCUT2D eigenvalue weighted by Gasteiger charge is -2.12. The molecule has 0 N–H and O–H groups in total. The van der Waals surface area contributed by atoms with E-state index in [-0.39, 0.29) is 23.6 Å². The molecule has 0 radical (unpaired) electrons. The van der Waals surface area contributed by atoms with Crippen LogP contribution >= 0.6 is 0 Å². The molecule has 0 unspecified atom stereocenters. The van der Waals surface area contributed by atoms with E-state index in [1.165, 1.54) is 4.68 Å². The molecule has 7 heteroatoms. The highest BCUT2D eigenvalue weighted by atomic mass is 32.2. The zero-order valence-electron chi connectivity index (χ0n) is 16.4. The summed E-state index contributed by atoms with van der Waals surface area (Å²) < 4.78 is 31.1. The average Bonchev–Trinajstić information content (AvgIpc) is 2.75. The Kier molecular flexibility index (Phi) is 5.37. The molecule has 1 aromatic heterocycles. The zero-order chi connectivity index (χ0) is 21.1. The largest absolute Gasteiger partial charge is 0.382 e. The second-order valence-electron chi connectivity index (χ2n) is 6.95. The SMILES string of the molecule is Cc1ccc(-c2nn(CCS(=O)(=O)Oc3ccccc3)c(=O)c3ccccc23)cc1. The average molecular weight is 420 g/mol. The number of rotatable bonds is 6. The molecule has 0 spiro atoms. The Morgan fingerprint density at radius 3 is 2.20 bits per heavy atom. The van der Waals surface area contributed by atoms with Gasteiger partial charge in [-0.15, -0.1) is 0 Å². The van der Waals surface area contributed by atoms with E-state index in [0.717, 1.165) is 16.5 Å². The van der Waals surface area contributed by atoms with Crippen molar-refractivity contribution in [1.82, 2.24) is 9.78 Å². The van der Waals surface area contributed by atoms with Crippen molar-refractivity contribution in [1.29, 1.82) is 0 Å².